The van der Waals surface area contributed by atoms with Crippen molar-refractivity contribution < 1.29 is 28.6 Å². The van der Waals surface area contributed by atoms with E-state index in [1.807, 2.05) is 24.3 Å². The molecule has 0 spiro atoms. The first kappa shape index (κ1) is 23.8. The van der Waals surface area contributed by atoms with E-state index >= 15 is 0 Å². The molecule has 2 aromatic rings. The number of benzene rings is 2. The summed E-state index contributed by atoms with van der Waals surface area (Å²) in [4.78, 5) is 38.2. The number of hydrogen-bond acceptors (Lipinski definition) is 6. The number of carbonyl (C=O) groups is 3. The molecule has 1 aliphatic rings. The van der Waals surface area contributed by atoms with Gasteiger partial charge in [-0.25, -0.2) is 4.79 Å². The minimum absolute atomic E-state index is 0.0110. The molecule has 33 heavy (non-hydrogen) atoms. The zero-order chi connectivity index (χ0) is 23.6. The highest BCUT2D eigenvalue weighted by molar-refractivity contribution is 5.94. The van der Waals surface area contributed by atoms with Gasteiger partial charge in [0, 0.05) is 30.8 Å². The number of piperidine rings is 1. The van der Waals surface area contributed by atoms with Crippen LogP contribution in [0.25, 0.3) is 6.08 Å². The molecule has 0 atom stereocenters. The molecule has 1 aliphatic heterocycles. The molecule has 0 saturated carbocycles. The molecule has 1 fully saturated rings. The van der Waals surface area contributed by atoms with E-state index in [9.17, 15) is 14.4 Å². The van der Waals surface area contributed by atoms with Gasteiger partial charge in [-0.2, -0.15) is 0 Å². The maximum atomic E-state index is 12.8. The van der Waals surface area contributed by atoms with Crippen LogP contribution in [-0.4, -0.2) is 55.7 Å². The van der Waals surface area contributed by atoms with E-state index in [1.54, 1.807) is 49.3 Å². The number of ether oxygens (including phenoxy) is 3. The molecule has 2 amide bonds. The Kier molecular flexibility index (Phi) is 8.46. The second-order valence-electron chi connectivity index (χ2n) is 7.49. The lowest BCUT2D eigenvalue weighted by molar-refractivity contribution is -0.117. The van der Waals surface area contributed by atoms with Crippen LogP contribution < -0.4 is 14.8 Å². The standard InChI is InChI=1S/C25H28N2O6/c1-3-32-25(30)33-21-10-8-19(9-11-21)24(29)27-15-13-20(14-16-27)26-23(28)12-7-18-5-4-6-22(17-18)31-2/h4-12,17,20H,3,13-16H2,1-2H3,(H,26,28)/b12-7+. The molecule has 0 radical (unpaired) electrons. The smallest absolute Gasteiger partial charge is 0.497 e. The fourth-order valence-corrected chi connectivity index (χ4v) is 3.48. The Labute approximate surface area is 193 Å². The van der Waals surface area contributed by atoms with Gasteiger partial charge in [-0.3, -0.25) is 9.59 Å². The number of nitrogens with zero attached hydrogens (tertiary/aromatic N) is 1. The summed E-state index contributed by atoms with van der Waals surface area (Å²) in [5, 5.41) is 3.00. The van der Waals surface area contributed by atoms with Crippen LogP contribution in [0.15, 0.2) is 54.6 Å². The van der Waals surface area contributed by atoms with Crippen molar-refractivity contribution in [2.75, 3.05) is 26.8 Å². The number of carbonyl (C=O) groups excluding carboxylic acids is 3. The molecule has 1 saturated heterocycles. The third-order valence-electron chi connectivity index (χ3n) is 5.21. The molecule has 2 aromatic carbocycles. The van der Waals surface area contributed by atoms with Crippen molar-refractivity contribution in [1.82, 2.24) is 10.2 Å². The zero-order valence-electron chi connectivity index (χ0n) is 18.8. The van der Waals surface area contributed by atoms with Gasteiger partial charge in [0.05, 0.1) is 13.7 Å². The summed E-state index contributed by atoms with van der Waals surface area (Å²) in [5.41, 5.74) is 1.39. The minimum Gasteiger partial charge on any atom is -0.497 e. The number of rotatable bonds is 7. The summed E-state index contributed by atoms with van der Waals surface area (Å²) < 4.78 is 14.9. The maximum Gasteiger partial charge on any atom is 0.513 e. The molecule has 1 heterocycles. The van der Waals surface area contributed by atoms with Crippen LogP contribution in [0.2, 0.25) is 0 Å². The monoisotopic (exact) mass is 452 g/mol. The molecule has 174 valence electrons. The Hall–Kier alpha value is -3.81. The number of nitrogens with one attached hydrogen (secondary N) is 1. The van der Waals surface area contributed by atoms with E-state index in [0.29, 0.717) is 37.2 Å². The highest BCUT2D eigenvalue weighted by atomic mass is 16.7. The lowest BCUT2D eigenvalue weighted by Crippen LogP contribution is -2.46. The van der Waals surface area contributed by atoms with Gasteiger partial charge >= 0.3 is 6.16 Å². The van der Waals surface area contributed by atoms with Crippen molar-refractivity contribution in [1.29, 1.82) is 0 Å². The first-order valence-electron chi connectivity index (χ1n) is 10.8. The fourth-order valence-electron chi connectivity index (χ4n) is 3.48. The molecule has 8 nitrogen and oxygen atoms in total. The normalized spacial score (nSPS) is 14.1. The Morgan fingerprint density at radius 2 is 1.79 bits per heavy atom. The molecule has 8 heteroatoms. The first-order valence-corrected chi connectivity index (χ1v) is 10.8. The van der Waals surface area contributed by atoms with Gasteiger partial charge < -0.3 is 24.4 Å². The van der Waals surface area contributed by atoms with Crippen molar-refractivity contribution in [3.05, 3.63) is 65.7 Å². The largest absolute Gasteiger partial charge is 0.513 e. The summed E-state index contributed by atoms with van der Waals surface area (Å²) in [6.45, 7) is 3.01. The van der Waals surface area contributed by atoms with Gasteiger partial charge in [0.2, 0.25) is 5.91 Å². The van der Waals surface area contributed by atoms with Crippen LogP contribution >= 0.6 is 0 Å². The minimum atomic E-state index is -0.779. The number of likely N-dealkylation sites (tertiary alicyclic amines) is 1. The quantitative estimate of drug-likeness (QED) is 0.391. The van der Waals surface area contributed by atoms with Crippen molar-refractivity contribution >= 4 is 24.0 Å². The van der Waals surface area contributed by atoms with E-state index in [2.05, 4.69) is 5.32 Å². The molecular formula is C25H28N2O6. The van der Waals surface area contributed by atoms with Crippen LogP contribution in [-0.2, 0) is 9.53 Å². The van der Waals surface area contributed by atoms with Gasteiger partial charge in [0.1, 0.15) is 11.5 Å². The van der Waals surface area contributed by atoms with Gasteiger partial charge in [-0.05, 0) is 67.8 Å². The Morgan fingerprint density at radius 3 is 2.45 bits per heavy atom. The summed E-state index contributed by atoms with van der Waals surface area (Å²) in [6, 6.07) is 13.8. The Morgan fingerprint density at radius 1 is 1.06 bits per heavy atom. The molecule has 0 aliphatic carbocycles. The van der Waals surface area contributed by atoms with Crippen LogP contribution in [0.4, 0.5) is 4.79 Å². The second-order valence-corrected chi connectivity index (χ2v) is 7.49. The Bertz CT molecular complexity index is 994. The van der Waals surface area contributed by atoms with Crippen LogP contribution in [0, 0.1) is 0 Å². The molecule has 0 bridgehead atoms. The van der Waals surface area contributed by atoms with Crippen LogP contribution in [0.1, 0.15) is 35.7 Å². The lowest BCUT2D eigenvalue weighted by Gasteiger charge is -2.32. The van der Waals surface area contributed by atoms with Crippen molar-refractivity contribution in [2.45, 2.75) is 25.8 Å². The Balaban J connectivity index is 1.46. The van der Waals surface area contributed by atoms with E-state index in [4.69, 9.17) is 14.2 Å². The van der Waals surface area contributed by atoms with Gasteiger partial charge in [-0.15, -0.1) is 0 Å². The van der Waals surface area contributed by atoms with E-state index < -0.39 is 6.16 Å². The predicted octanol–water partition coefficient (Wildman–Crippen LogP) is 3.66. The SMILES string of the molecule is CCOC(=O)Oc1ccc(C(=O)N2CCC(NC(=O)/C=C/c3cccc(OC)c3)CC2)cc1. The molecular weight excluding hydrogens is 424 g/mol. The van der Waals surface area contributed by atoms with E-state index in [1.165, 1.54) is 6.08 Å². The molecule has 3 rings (SSSR count). The maximum absolute atomic E-state index is 12.8. The third kappa shape index (κ3) is 7.10. The summed E-state index contributed by atoms with van der Waals surface area (Å²) in [7, 11) is 1.60. The van der Waals surface area contributed by atoms with Gasteiger partial charge in [-0.1, -0.05) is 12.1 Å². The third-order valence-corrected chi connectivity index (χ3v) is 5.21. The first-order chi connectivity index (χ1) is 16.0. The predicted molar refractivity (Wildman–Crippen MR) is 123 cm³/mol. The second kappa shape index (κ2) is 11.7. The highest BCUT2D eigenvalue weighted by Crippen LogP contribution is 2.18. The summed E-state index contributed by atoms with van der Waals surface area (Å²) in [5.74, 6) is 0.782. The summed E-state index contributed by atoms with van der Waals surface area (Å²) in [6.07, 6.45) is 3.82. The number of hydrogen-bond donors (Lipinski definition) is 1. The van der Waals surface area contributed by atoms with Crippen molar-refractivity contribution in [3.8, 4) is 11.5 Å². The van der Waals surface area contributed by atoms with E-state index in [-0.39, 0.29) is 24.5 Å². The average Bonchev–Trinajstić information content (AvgIpc) is 2.83. The van der Waals surface area contributed by atoms with Crippen molar-refractivity contribution in [3.63, 3.8) is 0 Å². The lowest BCUT2D eigenvalue weighted by atomic mass is 10.0. The van der Waals surface area contributed by atoms with E-state index in [0.717, 1.165) is 11.3 Å². The zero-order valence-corrected chi connectivity index (χ0v) is 18.8. The number of methoxy groups -OCH3 is 1. The van der Waals surface area contributed by atoms with Gasteiger partial charge in [0.15, 0.2) is 0 Å². The average molecular weight is 453 g/mol. The molecule has 1 N–H and O–H groups in total. The van der Waals surface area contributed by atoms with Crippen LogP contribution in [0.5, 0.6) is 11.5 Å². The number of amides is 2. The summed E-state index contributed by atoms with van der Waals surface area (Å²) >= 11 is 0. The molecule has 0 unspecified atom stereocenters. The van der Waals surface area contributed by atoms with Crippen molar-refractivity contribution in [2.24, 2.45) is 0 Å². The highest BCUT2D eigenvalue weighted by Gasteiger charge is 2.24. The van der Waals surface area contributed by atoms with Crippen LogP contribution in [0.3, 0.4) is 0 Å². The van der Waals surface area contributed by atoms with Gasteiger partial charge in [0.25, 0.3) is 5.91 Å². The molecule has 0 aromatic heterocycles. The fraction of sp³-hybridized carbons (Fsp3) is 0.320. The topological polar surface area (TPSA) is 94.2 Å².